The Kier molecular flexibility index (Phi) is 6.24. The molecule has 0 unspecified atom stereocenters. The molecule has 0 spiro atoms. The van der Waals surface area contributed by atoms with E-state index in [0.717, 1.165) is 35.4 Å². The van der Waals surface area contributed by atoms with E-state index in [9.17, 15) is 9.59 Å². The first-order chi connectivity index (χ1) is 18.8. The molecule has 11 heteroatoms. The minimum absolute atomic E-state index is 0.156. The number of nitrogens with zero attached hydrogens (tertiary/aromatic N) is 5. The van der Waals surface area contributed by atoms with Crippen LogP contribution in [0.15, 0.2) is 59.4 Å². The predicted octanol–water partition coefficient (Wildman–Crippen LogP) is 4.76. The Morgan fingerprint density at radius 2 is 1.97 bits per heavy atom. The second kappa shape index (κ2) is 9.75. The molecule has 1 amide bonds. The summed E-state index contributed by atoms with van der Waals surface area (Å²) in [7, 11) is 3.61. The van der Waals surface area contributed by atoms with Crippen molar-refractivity contribution in [3.63, 3.8) is 0 Å². The van der Waals surface area contributed by atoms with Gasteiger partial charge in [-0.15, -0.1) is 11.3 Å². The summed E-state index contributed by atoms with van der Waals surface area (Å²) in [4.78, 5) is 30.0. The Bertz CT molecular complexity index is 1760. The number of rotatable bonds is 5. The molecule has 6 rings (SSSR count). The number of carbonyl (C=O) groups excluding carboxylic acids is 1. The lowest BCUT2D eigenvalue weighted by Gasteiger charge is -2.22. The van der Waals surface area contributed by atoms with Crippen molar-refractivity contribution in [2.75, 3.05) is 30.9 Å². The fourth-order valence-corrected chi connectivity index (χ4v) is 5.98. The third-order valence-electron chi connectivity index (χ3n) is 6.99. The first kappa shape index (κ1) is 25.0. The van der Waals surface area contributed by atoms with Gasteiger partial charge in [-0.1, -0.05) is 18.2 Å². The number of likely N-dealkylation sites (N-methyl/N-ethyl adjacent to an activating group) is 1. The zero-order valence-electron chi connectivity index (χ0n) is 21.7. The number of aromatic nitrogens is 4. The van der Waals surface area contributed by atoms with E-state index < -0.39 is 11.4 Å². The summed E-state index contributed by atoms with van der Waals surface area (Å²) in [5.41, 5.74) is 2.63. The van der Waals surface area contributed by atoms with Crippen LogP contribution in [0.1, 0.15) is 20.9 Å². The van der Waals surface area contributed by atoms with Gasteiger partial charge in [0.15, 0.2) is 5.82 Å². The lowest BCUT2D eigenvalue weighted by molar-refractivity contribution is 0.0996. The molecule has 0 bridgehead atoms. The van der Waals surface area contributed by atoms with Crippen molar-refractivity contribution >= 4 is 44.5 Å². The van der Waals surface area contributed by atoms with Gasteiger partial charge >= 0.3 is 0 Å². The second-order valence-corrected chi connectivity index (χ2v) is 10.8. The largest absolute Gasteiger partial charge is 0.334 e. The molecule has 9 nitrogen and oxygen atoms in total. The first-order valence-corrected chi connectivity index (χ1v) is 13.3. The second-order valence-electron chi connectivity index (χ2n) is 9.68. The highest BCUT2D eigenvalue weighted by molar-refractivity contribution is 7.20. The monoisotopic (exact) mass is 543 g/mol. The van der Waals surface area contributed by atoms with E-state index in [4.69, 9.17) is 0 Å². The van der Waals surface area contributed by atoms with Crippen LogP contribution in [-0.4, -0.2) is 51.4 Å². The van der Waals surface area contributed by atoms with Crippen LogP contribution in [0.2, 0.25) is 0 Å². The van der Waals surface area contributed by atoms with Gasteiger partial charge in [-0.25, -0.2) is 9.49 Å². The number of carbonyl (C=O) groups is 1. The van der Waals surface area contributed by atoms with Crippen LogP contribution in [0.5, 0.6) is 0 Å². The van der Waals surface area contributed by atoms with Crippen LogP contribution in [0.4, 0.5) is 21.6 Å². The maximum absolute atomic E-state index is 15.2. The lowest BCUT2D eigenvalue weighted by atomic mass is 10.0. The molecule has 0 radical (unpaired) electrons. The summed E-state index contributed by atoms with van der Waals surface area (Å²) in [6.45, 7) is 4.19. The fourth-order valence-electron chi connectivity index (χ4n) is 4.94. The van der Waals surface area contributed by atoms with Gasteiger partial charge in [0.05, 0.1) is 28.5 Å². The molecule has 0 aliphatic carbocycles. The highest BCUT2D eigenvalue weighted by Gasteiger charge is 2.23. The molecule has 5 aromatic rings. The van der Waals surface area contributed by atoms with E-state index in [-0.39, 0.29) is 17.3 Å². The number of aromatic amines is 1. The highest BCUT2D eigenvalue weighted by Crippen LogP contribution is 2.34. The van der Waals surface area contributed by atoms with E-state index in [1.807, 2.05) is 41.1 Å². The highest BCUT2D eigenvalue weighted by atomic mass is 32.1. The Hall–Kier alpha value is -4.35. The maximum atomic E-state index is 15.2. The Morgan fingerprint density at radius 1 is 1.15 bits per heavy atom. The van der Waals surface area contributed by atoms with Crippen molar-refractivity contribution in [2.45, 2.75) is 20.0 Å². The quantitative estimate of drug-likeness (QED) is 0.332. The van der Waals surface area contributed by atoms with Crippen LogP contribution in [-0.2, 0) is 13.1 Å². The predicted molar refractivity (Wildman–Crippen MR) is 151 cm³/mol. The van der Waals surface area contributed by atoms with Gasteiger partial charge in [0.1, 0.15) is 11.5 Å². The van der Waals surface area contributed by atoms with Gasteiger partial charge in [0.2, 0.25) is 0 Å². The minimum Gasteiger partial charge on any atom is -0.334 e. The third kappa shape index (κ3) is 4.59. The molecule has 0 saturated heterocycles. The molecule has 198 valence electrons. The molecule has 0 atom stereocenters. The molecule has 0 saturated carbocycles. The molecule has 1 aliphatic rings. The van der Waals surface area contributed by atoms with Gasteiger partial charge < -0.3 is 10.2 Å². The standard InChI is InChI=1S/C28H26FN7O2S/c1-16-19(8-9-20(29)26(16)35(3)28(38)24-12-17-6-4-5-7-23(17)39-24)21-14-22(27(37)32-31-21)30-25-13-18-15-34(2)10-11-36(18)33-25/h4-9,12-14H,10-11,15H2,1-3H3,(H,32,37)(H,30,31,33). The van der Waals surface area contributed by atoms with Crippen molar-refractivity contribution in [2.24, 2.45) is 0 Å². The van der Waals surface area contributed by atoms with Gasteiger partial charge in [-0.05, 0) is 55.3 Å². The number of H-pyrrole nitrogens is 1. The van der Waals surface area contributed by atoms with E-state index in [1.165, 1.54) is 22.3 Å². The molecule has 2 N–H and O–H groups in total. The summed E-state index contributed by atoms with van der Waals surface area (Å²) in [5.74, 6) is -0.265. The molecular weight excluding hydrogens is 517 g/mol. The Labute approximate surface area is 227 Å². The normalized spacial score (nSPS) is 13.4. The number of hydrogen-bond donors (Lipinski definition) is 2. The number of benzene rings is 2. The van der Waals surface area contributed by atoms with E-state index in [1.54, 1.807) is 26.1 Å². The Balaban J connectivity index is 1.32. The number of nitrogens with one attached hydrogen (secondary N) is 2. The number of thiophene rings is 1. The summed E-state index contributed by atoms with van der Waals surface area (Å²) >= 11 is 1.37. The van der Waals surface area contributed by atoms with Crippen molar-refractivity contribution in [3.8, 4) is 11.3 Å². The van der Waals surface area contributed by atoms with Crippen molar-refractivity contribution in [3.05, 3.63) is 86.9 Å². The Morgan fingerprint density at radius 3 is 2.79 bits per heavy atom. The van der Waals surface area contributed by atoms with E-state index in [2.05, 4.69) is 32.6 Å². The molecule has 2 aromatic carbocycles. The minimum atomic E-state index is -0.524. The lowest BCUT2D eigenvalue weighted by Crippen LogP contribution is -2.30. The smallest absolute Gasteiger partial charge is 0.287 e. The molecule has 1 aliphatic heterocycles. The number of hydrogen-bond acceptors (Lipinski definition) is 7. The van der Waals surface area contributed by atoms with Crippen LogP contribution in [0.3, 0.4) is 0 Å². The van der Waals surface area contributed by atoms with Gasteiger partial charge in [-0.2, -0.15) is 10.2 Å². The SMILES string of the molecule is Cc1c(-c2cc(Nc3cc4n(n3)CCN(C)C4)c(=O)[nH]n2)ccc(F)c1N(C)C(=O)c1cc2ccccc2s1. The van der Waals surface area contributed by atoms with Gasteiger partial charge in [0.25, 0.3) is 11.5 Å². The molecule has 3 aromatic heterocycles. The first-order valence-electron chi connectivity index (χ1n) is 12.5. The van der Waals surface area contributed by atoms with Crippen molar-refractivity contribution < 1.29 is 9.18 Å². The molecule has 39 heavy (non-hydrogen) atoms. The average molecular weight is 544 g/mol. The third-order valence-corrected chi connectivity index (χ3v) is 8.09. The molecule has 4 heterocycles. The maximum Gasteiger partial charge on any atom is 0.287 e. The van der Waals surface area contributed by atoms with Gasteiger partial charge in [-0.3, -0.25) is 19.2 Å². The van der Waals surface area contributed by atoms with Crippen LogP contribution >= 0.6 is 11.3 Å². The van der Waals surface area contributed by atoms with Crippen LogP contribution in [0.25, 0.3) is 21.3 Å². The van der Waals surface area contributed by atoms with E-state index >= 15 is 4.39 Å². The number of anilines is 3. The summed E-state index contributed by atoms with van der Waals surface area (Å²) in [5, 5.41) is 15.4. The summed E-state index contributed by atoms with van der Waals surface area (Å²) in [6.07, 6.45) is 0. The molecule has 0 fully saturated rings. The van der Waals surface area contributed by atoms with E-state index in [0.29, 0.717) is 27.5 Å². The fraction of sp³-hybridized carbons (Fsp3) is 0.214. The summed E-state index contributed by atoms with van der Waals surface area (Å²) in [6, 6.07) is 16.0. The number of halogens is 1. The number of amides is 1. The van der Waals surface area contributed by atoms with Crippen molar-refractivity contribution in [1.82, 2.24) is 24.9 Å². The van der Waals surface area contributed by atoms with Crippen molar-refractivity contribution in [1.29, 1.82) is 0 Å². The summed E-state index contributed by atoms with van der Waals surface area (Å²) < 4.78 is 18.1. The van der Waals surface area contributed by atoms with Crippen LogP contribution in [0, 0.1) is 12.7 Å². The van der Waals surface area contributed by atoms with Gasteiger partial charge in [0, 0.05) is 36.5 Å². The van der Waals surface area contributed by atoms with Crippen LogP contribution < -0.4 is 15.8 Å². The zero-order valence-corrected chi connectivity index (χ0v) is 22.5. The zero-order chi connectivity index (χ0) is 27.3. The average Bonchev–Trinajstić information content (AvgIpc) is 3.53. The number of fused-ring (bicyclic) bond motifs is 2. The molecular formula is C28H26FN7O2S. The topological polar surface area (TPSA) is 99.2 Å².